The van der Waals surface area contributed by atoms with Crippen LogP contribution in [0.4, 0.5) is 0 Å². The first kappa shape index (κ1) is 16.5. The first-order valence-electron chi connectivity index (χ1n) is 6.41. The molecule has 1 aliphatic rings. The zero-order valence-electron chi connectivity index (χ0n) is 11.0. The Morgan fingerprint density at radius 1 is 1.53 bits per heavy atom. The smallest absolute Gasteiger partial charge is 0.220 e. The summed E-state index contributed by atoms with van der Waals surface area (Å²) in [5.74, 6) is 0.642. The molecule has 19 heavy (non-hydrogen) atoms. The molecule has 0 bridgehead atoms. The number of hydrogen-bond donors (Lipinski definition) is 2. The van der Waals surface area contributed by atoms with Gasteiger partial charge in [-0.15, -0.1) is 12.4 Å². The summed E-state index contributed by atoms with van der Waals surface area (Å²) < 4.78 is 1.04. The fraction of sp³-hybridized carbons (Fsp3) is 0.500. The molecule has 1 aromatic carbocycles. The van der Waals surface area contributed by atoms with E-state index in [4.69, 9.17) is 0 Å². The summed E-state index contributed by atoms with van der Waals surface area (Å²) in [7, 11) is 0. The second-order valence-electron chi connectivity index (χ2n) is 4.87. The third kappa shape index (κ3) is 4.79. The van der Waals surface area contributed by atoms with E-state index in [1.807, 2.05) is 31.2 Å². The molecular weight excluding hydrogens is 328 g/mol. The molecule has 2 atom stereocenters. The van der Waals surface area contributed by atoms with Crippen molar-refractivity contribution in [3.8, 4) is 0 Å². The number of amides is 1. The first-order chi connectivity index (χ1) is 8.66. The third-order valence-corrected chi connectivity index (χ3v) is 4.11. The monoisotopic (exact) mass is 346 g/mol. The zero-order chi connectivity index (χ0) is 13.0. The predicted octanol–water partition coefficient (Wildman–Crippen LogP) is 3.05. The standard InChI is InChI=1S/C14H19BrN2O.ClH/c1-10(12-4-2-3-5-13(12)15)17-14(18)8-11-6-7-16-9-11;/h2-5,10-11,16H,6-9H2,1H3,(H,17,18);1H. The molecule has 0 aliphatic carbocycles. The van der Waals surface area contributed by atoms with E-state index >= 15 is 0 Å². The van der Waals surface area contributed by atoms with E-state index < -0.39 is 0 Å². The lowest BCUT2D eigenvalue weighted by Crippen LogP contribution is -2.29. The van der Waals surface area contributed by atoms with Crippen LogP contribution in [0.5, 0.6) is 0 Å². The van der Waals surface area contributed by atoms with Gasteiger partial charge >= 0.3 is 0 Å². The summed E-state index contributed by atoms with van der Waals surface area (Å²) in [5.41, 5.74) is 1.12. The van der Waals surface area contributed by atoms with Crippen LogP contribution in [0.3, 0.4) is 0 Å². The van der Waals surface area contributed by atoms with E-state index in [9.17, 15) is 4.79 Å². The minimum Gasteiger partial charge on any atom is -0.350 e. The highest BCUT2D eigenvalue weighted by atomic mass is 79.9. The molecule has 106 valence electrons. The van der Waals surface area contributed by atoms with E-state index in [0.29, 0.717) is 12.3 Å². The highest BCUT2D eigenvalue weighted by molar-refractivity contribution is 9.10. The molecule has 0 aromatic heterocycles. The average molecular weight is 348 g/mol. The highest BCUT2D eigenvalue weighted by Gasteiger charge is 2.19. The molecule has 1 aliphatic heterocycles. The second kappa shape index (κ2) is 7.88. The fourth-order valence-electron chi connectivity index (χ4n) is 2.36. The van der Waals surface area contributed by atoms with Gasteiger partial charge in [-0.05, 0) is 44.0 Å². The van der Waals surface area contributed by atoms with Crippen molar-refractivity contribution < 1.29 is 4.79 Å². The van der Waals surface area contributed by atoms with Crippen LogP contribution in [0.2, 0.25) is 0 Å². The number of nitrogens with one attached hydrogen (secondary N) is 2. The van der Waals surface area contributed by atoms with Gasteiger partial charge in [-0.25, -0.2) is 0 Å². The van der Waals surface area contributed by atoms with E-state index in [1.165, 1.54) is 0 Å². The Morgan fingerprint density at radius 2 is 2.26 bits per heavy atom. The van der Waals surface area contributed by atoms with Gasteiger partial charge in [0.05, 0.1) is 6.04 Å². The Bertz CT molecular complexity index is 422. The van der Waals surface area contributed by atoms with Gasteiger partial charge < -0.3 is 10.6 Å². The Kier molecular flexibility index (Phi) is 6.83. The molecule has 0 saturated carbocycles. The van der Waals surface area contributed by atoms with E-state index in [2.05, 4.69) is 26.6 Å². The van der Waals surface area contributed by atoms with Crippen LogP contribution in [-0.2, 0) is 4.79 Å². The molecule has 1 amide bonds. The fourth-order valence-corrected chi connectivity index (χ4v) is 2.98. The lowest BCUT2D eigenvalue weighted by atomic mass is 10.0. The third-order valence-electron chi connectivity index (χ3n) is 3.39. The Morgan fingerprint density at radius 3 is 2.89 bits per heavy atom. The van der Waals surface area contributed by atoms with E-state index in [1.54, 1.807) is 0 Å². The molecule has 1 saturated heterocycles. The maximum Gasteiger partial charge on any atom is 0.220 e. The second-order valence-corrected chi connectivity index (χ2v) is 5.73. The van der Waals surface area contributed by atoms with E-state index in [-0.39, 0.29) is 24.4 Å². The number of halogens is 2. The van der Waals surface area contributed by atoms with Gasteiger partial charge in [0.1, 0.15) is 0 Å². The quantitative estimate of drug-likeness (QED) is 0.879. The van der Waals surface area contributed by atoms with Crippen molar-refractivity contribution in [2.75, 3.05) is 13.1 Å². The molecule has 0 spiro atoms. The number of benzene rings is 1. The van der Waals surface area contributed by atoms with Crippen molar-refractivity contribution in [1.29, 1.82) is 0 Å². The summed E-state index contributed by atoms with van der Waals surface area (Å²) >= 11 is 3.51. The molecule has 2 N–H and O–H groups in total. The van der Waals surface area contributed by atoms with Crippen molar-refractivity contribution in [3.63, 3.8) is 0 Å². The Hall–Kier alpha value is -0.580. The summed E-state index contributed by atoms with van der Waals surface area (Å²) in [6.45, 7) is 4.03. The van der Waals surface area contributed by atoms with Crippen molar-refractivity contribution in [2.24, 2.45) is 5.92 Å². The number of carbonyl (C=O) groups is 1. The average Bonchev–Trinajstić information content (AvgIpc) is 2.82. The molecule has 5 heteroatoms. The molecule has 1 fully saturated rings. The normalized spacial score (nSPS) is 19.6. The molecule has 1 heterocycles. The van der Waals surface area contributed by atoms with E-state index in [0.717, 1.165) is 29.5 Å². The Balaban J connectivity index is 0.00000180. The van der Waals surface area contributed by atoms with Crippen LogP contribution in [0, 0.1) is 5.92 Å². The molecule has 3 nitrogen and oxygen atoms in total. The largest absolute Gasteiger partial charge is 0.350 e. The lowest BCUT2D eigenvalue weighted by molar-refractivity contribution is -0.122. The van der Waals surface area contributed by atoms with Crippen molar-refractivity contribution >= 4 is 34.2 Å². The van der Waals surface area contributed by atoms with Crippen LogP contribution in [-0.4, -0.2) is 19.0 Å². The van der Waals surface area contributed by atoms with Gasteiger partial charge in [-0.1, -0.05) is 34.1 Å². The van der Waals surface area contributed by atoms with Gasteiger partial charge in [0, 0.05) is 10.9 Å². The minimum absolute atomic E-state index is 0. The number of rotatable bonds is 4. The maximum atomic E-state index is 11.9. The van der Waals surface area contributed by atoms with Crippen LogP contribution in [0.15, 0.2) is 28.7 Å². The zero-order valence-corrected chi connectivity index (χ0v) is 13.4. The molecule has 2 unspecified atom stereocenters. The molecule has 2 rings (SSSR count). The SMILES string of the molecule is CC(NC(=O)CC1CCNC1)c1ccccc1Br.Cl. The highest BCUT2D eigenvalue weighted by Crippen LogP contribution is 2.23. The van der Waals surface area contributed by atoms with Crippen molar-refractivity contribution in [2.45, 2.75) is 25.8 Å². The van der Waals surface area contributed by atoms with Crippen LogP contribution in [0.25, 0.3) is 0 Å². The van der Waals surface area contributed by atoms with Crippen LogP contribution >= 0.6 is 28.3 Å². The summed E-state index contributed by atoms with van der Waals surface area (Å²) in [6.07, 6.45) is 1.73. The van der Waals surface area contributed by atoms with Gasteiger partial charge in [0.2, 0.25) is 5.91 Å². The van der Waals surface area contributed by atoms with Crippen molar-refractivity contribution in [1.82, 2.24) is 10.6 Å². The molecular formula is C14H20BrClN2O. The first-order valence-corrected chi connectivity index (χ1v) is 7.20. The van der Waals surface area contributed by atoms with Gasteiger partial charge in [-0.2, -0.15) is 0 Å². The summed E-state index contributed by atoms with van der Waals surface area (Å²) in [4.78, 5) is 11.9. The molecule has 0 radical (unpaired) electrons. The Labute approximate surface area is 129 Å². The van der Waals surface area contributed by atoms with Gasteiger partial charge in [0.15, 0.2) is 0 Å². The van der Waals surface area contributed by atoms with Crippen molar-refractivity contribution in [3.05, 3.63) is 34.3 Å². The number of carbonyl (C=O) groups excluding carboxylic acids is 1. The topological polar surface area (TPSA) is 41.1 Å². The van der Waals surface area contributed by atoms with Gasteiger partial charge in [0.25, 0.3) is 0 Å². The minimum atomic E-state index is 0. The van der Waals surface area contributed by atoms with Crippen LogP contribution in [0.1, 0.15) is 31.4 Å². The summed E-state index contributed by atoms with van der Waals surface area (Å²) in [5, 5.41) is 6.35. The molecule has 1 aromatic rings. The number of hydrogen-bond acceptors (Lipinski definition) is 2. The lowest BCUT2D eigenvalue weighted by Gasteiger charge is -2.17. The maximum absolute atomic E-state index is 11.9. The predicted molar refractivity (Wildman–Crippen MR) is 83.5 cm³/mol. The van der Waals surface area contributed by atoms with Crippen LogP contribution < -0.4 is 10.6 Å². The summed E-state index contributed by atoms with van der Waals surface area (Å²) in [6, 6.07) is 8.04. The van der Waals surface area contributed by atoms with Gasteiger partial charge in [-0.3, -0.25) is 4.79 Å².